The lowest BCUT2D eigenvalue weighted by Crippen LogP contribution is -2.47. The predicted molar refractivity (Wildman–Crippen MR) is 97.7 cm³/mol. The molecule has 6 nitrogen and oxygen atoms in total. The van der Waals surface area contributed by atoms with Gasteiger partial charge in [0, 0.05) is 31.4 Å². The Morgan fingerprint density at radius 3 is 2.36 bits per heavy atom. The van der Waals surface area contributed by atoms with Crippen LogP contribution in [-0.4, -0.2) is 44.2 Å². The summed E-state index contributed by atoms with van der Waals surface area (Å²) in [7, 11) is 0. The number of hydrogen-bond donors (Lipinski definition) is 2. The van der Waals surface area contributed by atoms with E-state index in [9.17, 15) is 9.59 Å². The van der Waals surface area contributed by atoms with Gasteiger partial charge in [0.2, 0.25) is 11.8 Å². The van der Waals surface area contributed by atoms with Gasteiger partial charge >= 0.3 is 0 Å². The second kappa shape index (κ2) is 8.34. The fourth-order valence-electron chi connectivity index (χ4n) is 3.70. The number of carbonyl (C=O) groups is 2. The van der Waals surface area contributed by atoms with Crippen molar-refractivity contribution in [2.24, 2.45) is 5.92 Å². The summed E-state index contributed by atoms with van der Waals surface area (Å²) in [6, 6.07) is 7.43. The van der Waals surface area contributed by atoms with Crippen molar-refractivity contribution in [3.63, 3.8) is 0 Å². The summed E-state index contributed by atoms with van der Waals surface area (Å²) >= 11 is 0. The van der Waals surface area contributed by atoms with Crippen molar-refractivity contribution >= 4 is 23.2 Å². The van der Waals surface area contributed by atoms with E-state index in [1.807, 2.05) is 24.3 Å². The smallest absolute Gasteiger partial charge is 0.247 e. The van der Waals surface area contributed by atoms with Gasteiger partial charge in [-0.25, -0.2) is 0 Å². The minimum absolute atomic E-state index is 0.124. The lowest BCUT2D eigenvalue weighted by atomic mass is 9.97. The first-order valence-electron chi connectivity index (χ1n) is 9.14. The Balaban J connectivity index is 1.62. The molecule has 136 valence electrons. The zero-order chi connectivity index (χ0) is 17.6. The summed E-state index contributed by atoms with van der Waals surface area (Å²) in [5.41, 5.74) is 1.89. The van der Waals surface area contributed by atoms with Crippen LogP contribution < -0.4 is 15.5 Å². The molecule has 2 N–H and O–H groups in total. The molecule has 6 heteroatoms. The number of carbonyl (C=O) groups excluding carboxylic acids is 2. The highest BCUT2D eigenvalue weighted by Gasteiger charge is 2.31. The van der Waals surface area contributed by atoms with Gasteiger partial charge in [0.1, 0.15) is 6.04 Å². The molecule has 2 aliphatic rings. The highest BCUT2D eigenvalue weighted by atomic mass is 16.5. The normalized spacial score (nSPS) is 19.5. The molecule has 3 rings (SSSR count). The van der Waals surface area contributed by atoms with Crippen molar-refractivity contribution < 1.29 is 14.3 Å². The van der Waals surface area contributed by atoms with Crippen molar-refractivity contribution in [3.05, 3.63) is 24.3 Å². The lowest BCUT2D eigenvalue weighted by molar-refractivity contribution is -0.126. The number of ether oxygens (including phenoxy) is 1. The topological polar surface area (TPSA) is 70.7 Å². The number of rotatable bonds is 5. The zero-order valence-electron chi connectivity index (χ0n) is 14.8. The molecule has 0 radical (unpaired) electrons. The summed E-state index contributed by atoms with van der Waals surface area (Å²) < 4.78 is 5.37. The monoisotopic (exact) mass is 345 g/mol. The molecule has 1 heterocycles. The van der Waals surface area contributed by atoms with Crippen LogP contribution in [0.3, 0.4) is 0 Å². The standard InChI is InChI=1S/C19H27N3O3/c1-14(23)20-18(15-4-2-3-5-15)19(24)21-16-6-8-17(9-7-16)22-10-12-25-13-11-22/h6-9,15,18H,2-5,10-13H2,1H3,(H,20,23)(H,21,24)/t18-/m0/s1. The minimum Gasteiger partial charge on any atom is -0.378 e. The third-order valence-corrected chi connectivity index (χ3v) is 5.02. The summed E-state index contributed by atoms with van der Waals surface area (Å²) in [6.45, 7) is 4.74. The largest absolute Gasteiger partial charge is 0.378 e. The molecule has 1 aliphatic carbocycles. The second-order valence-corrected chi connectivity index (χ2v) is 6.86. The van der Waals surface area contributed by atoms with E-state index in [1.165, 1.54) is 6.92 Å². The number of benzene rings is 1. The molecule has 2 amide bonds. The van der Waals surface area contributed by atoms with Crippen molar-refractivity contribution in [3.8, 4) is 0 Å². The number of nitrogens with one attached hydrogen (secondary N) is 2. The van der Waals surface area contributed by atoms with Gasteiger partial charge in [0.25, 0.3) is 0 Å². The van der Waals surface area contributed by atoms with Crippen LogP contribution in [0.5, 0.6) is 0 Å². The molecule has 0 spiro atoms. The number of morpholine rings is 1. The van der Waals surface area contributed by atoms with Crippen LogP contribution in [0.25, 0.3) is 0 Å². The third-order valence-electron chi connectivity index (χ3n) is 5.02. The minimum atomic E-state index is -0.445. The van der Waals surface area contributed by atoms with Gasteiger partial charge in [-0.3, -0.25) is 9.59 Å². The summed E-state index contributed by atoms with van der Waals surface area (Å²) in [5, 5.41) is 5.79. The molecule has 1 atom stereocenters. The predicted octanol–water partition coefficient (Wildman–Crippen LogP) is 2.16. The zero-order valence-corrected chi connectivity index (χ0v) is 14.8. The molecule has 1 saturated heterocycles. The van der Waals surface area contributed by atoms with Crippen molar-refractivity contribution in [2.75, 3.05) is 36.5 Å². The van der Waals surface area contributed by atoms with Crippen LogP contribution in [0.15, 0.2) is 24.3 Å². The molecule has 1 aromatic carbocycles. The molecule has 1 aliphatic heterocycles. The summed E-state index contributed by atoms with van der Waals surface area (Å²) in [5.74, 6) is -0.0486. The third kappa shape index (κ3) is 4.72. The Hall–Kier alpha value is -2.08. The first kappa shape index (κ1) is 17.7. The van der Waals surface area contributed by atoms with Gasteiger partial charge in [0.15, 0.2) is 0 Å². The van der Waals surface area contributed by atoms with E-state index < -0.39 is 6.04 Å². The van der Waals surface area contributed by atoms with Gasteiger partial charge in [-0.2, -0.15) is 0 Å². The maximum absolute atomic E-state index is 12.7. The maximum atomic E-state index is 12.7. The summed E-state index contributed by atoms with van der Waals surface area (Å²) in [4.78, 5) is 26.4. The average Bonchev–Trinajstić information content (AvgIpc) is 3.15. The number of anilines is 2. The van der Waals surface area contributed by atoms with Gasteiger partial charge in [-0.1, -0.05) is 12.8 Å². The van der Waals surface area contributed by atoms with Gasteiger partial charge in [-0.05, 0) is 43.0 Å². The van der Waals surface area contributed by atoms with Gasteiger partial charge in [-0.15, -0.1) is 0 Å². The fourth-order valence-corrected chi connectivity index (χ4v) is 3.70. The molecule has 1 saturated carbocycles. The number of nitrogens with zero attached hydrogens (tertiary/aromatic N) is 1. The first-order chi connectivity index (χ1) is 12.1. The van der Waals surface area contributed by atoms with E-state index in [4.69, 9.17) is 4.74 Å². The van der Waals surface area contributed by atoms with E-state index in [2.05, 4.69) is 15.5 Å². The number of amides is 2. The first-order valence-corrected chi connectivity index (χ1v) is 9.14. The van der Waals surface area contributed by atoms with Crippen LogP contribution in [0.2, 0.25) is 0 Å². The van der Waals surface area contributed by atoms with Crippen LogP contribution in [-0.2, 0) is 14.3 Å². The van der Waals surface area contributed by atoms with Crippen LogP contribution in [0, 0.1) is 5.92 Å². The highest BCUT2D eigenvalue weighted by molar-refractivity contribution is 5.97. The highest BCUT2D eigenvalue weighted by Crippen LogP contribution is 2.28. The molecule has 0 unspecified atom stereocenters. The van der Waals surface area contributed by atoms with E-state index in [1.54, 1.807) is 0 Å². The second-order valence-electron chi connectivity index (χ2n) is 6.86. The molecular weight excluding hydrogens is 318 g/mol. The Morgan fingerprint density at radius 1 is 1.12 bits per heavy atom. The quantitative estimate of drug-likeness (QED) is 0.858. The van der Waals surface area contributed by atoms with E-state index >= 15 is 0 Å². The van der Waals surface area contributed by atoms with Crippen molar-refractivity contribution in [2.45, 2.75) is 38.6 Å². The SMILES string of the molecule is CC(=O)N[C@H](C(=O)Nc1ccc(N2CCOCC2)cc1)C1CCCC1. The van der Waals surface area contributed by atoms with Gasteiger partial charge < -0.3 is 20.3 Å². The Labute approximate surface area is 148 Å². The van der Waals surface area contributed by atoms with Crippen LogP contribution in [0.4, 0.5) is 11.4 Å². The van der Waals surface area contributed by atoms with E-state index in [0.717, 1.165) is 63.4 Å². The van der Waals surface area contributed by atoms with Crippen molar-refractivity contribution in [1.82, 2.24) is 5.32 Å². The Kier molecular flexibility index (Phi) is 5.91. The molecule has 2 fully saturated rings. The Bertz CT molecular complexity index is 590. The van der Waals surface area contributed by atoms with Crippen LogP contribution in [0.1, 0.15) is 32.6 Å². The lowest BCUT2D eigenvalue weighted by Gasteiger charge is -2.29. The molecule has 0 bridgehead atoms. The molecule has 1 aromatic rings. The summed E-state index contributed by atoms with van der Waals surface area (Å²) in [6.07, 6.45) is 4.24. The van der Waals surface area contributed by atoms with Crippen LogP contribution >= 0.6 is 0 Å². The van der Waals surface area contributed by atoms with Gasteiger partial charge in [0.05, 0.1) is 13.2 Å². The maximum Gasteiger partial charge on any atom is 0.247 e. The molecule has 0 aromatic heterocycles. The van der Waals surface area contributed by atoms with E-state index in [-0.39, 0.29) is 17.7 Å². The van der Waals surface area contributed by atoms with Crippen molar-refractivity contribution in [1.29, 1.82) is 0 Å². The molecular formula is C19H27N3O3. The molecule has 25 heavy (non-hydrogen) atoms. The average molecular weight is 345 g/mol. The Morgan fingerprint density at radius 2 is 1.76 bits per heavy atom. The fraction of sp³-hybridized carbons (Fsp3) is 0.579. The number of hydrogen-bond acceptors (Lipinski definition) is 4. The van der Waals surface area contributed by atoms with E-state index in [0.29, 0.717) is 0 Å².